The molecule has 0 aliphatic carbocycles. The molecule has 48 heavy (non-hydrogen) atoms. The Balaban J connectivity index is 0.000000261. The standard InChI is InChI=1S/C20H25NO4.C19H23NO3/c22-14-12-21(13-15-23)11-4-16-25-19-9-7-18(8-10-19)20(24)17-5-2-1-3-6-17;1-14(21)12-20(13-15(2)22)18-10-8-17(9-11-18)19(23)16-6-4-3-5-7-16/h1-3,5-10,22-23H,4,11-16H2;3-11,14-15,21-22H,12-13H2,1-2H3. The van der Waals surface area contributed by atoms with Gasteiger partial charge in [-0.05, 0) is 68.8 Å². The van der Waals surface area contributed by atoms with Crippen molar-refractivity contribution in [3.05, 3.63) is 131 Å². The quantitative estimate of drug-likeness (QED) is 0.0906. The summed E-state index contributed by atoms with van der Waals surface area (Å²) in [7, 11) is 0. The topological polar surface area (TPSA) is 131 Å². The van der Waals surface area contributed by atoms with E-state index in [-0.39, 0.29) is 24.8 Å². The van der Waals surface area contributed by atoms with Gasteiger partial charge in [-0.1, -0.05) is 60.7 Å². The zero-order valence-electron chi connectivity index (χ0n) is 27.8. The number of carbonyl (C=O) groups excluding carboxylic acids is 2. The summed E-state index contributed by atoms with van der Waals surface area (Å²) in [5.74, 6) is 0.700. The number of ketones is 2. The van der Waals surface area contributed by atoms with Crippen LogP contribution in [0.4, 0.5) is 5.69 Å². The Morgan fingerprint density at radius 3 is 1.44 bits per heavy atom. The van der Waals surface area contributed by atoms with Crippen molar-refractivity contribution in [1.82, 2.24) is 4.90 Å². The van der Waals surface area contributed by atoms with Gasteiger partial charge in [0.05, 0.1) is 32.0 Å². The molecule has 0 spiro atoms. The number of carbonyl (C=O) groups is 2. The Hall–Kier alpha value is -4.38. The van der Waals surface area contributed by atoms with E-state index in [1.165, 1.54) is 0 Å². The lowest BCUT2D eigenvalue weighted by Crippen LogP contribution is -2.36. The molecular weight excluding hydrogens is 608 g/mol. The number of rotatable bonds is 18. The molecule has 4 aromatic rings. The highest BCUT2D eigenvalue weighted by Crippen LogP contribution is 2.19. The van der Waals surface area contributed by atoms with E-state index < -0.39 is 12.2 Å². The fourth-order valence-corrected chi connectivity index (χ4v) is 5.06. The summed E-state index contributed by atoms with van der Waals surface area (Å²) in [5.41, 5.74) is 3.45. The van der Waals surface area contributed by atoms with Crippen LogP contribution in [0.3, 0.4) is 0 Å². The normalized spacial score (nSPS) is 12.1. The molecule has 0 bridgehead atoms. The molecule has 256 valence electrons. The van der Waals surface area contributed by atoms with Crippen molar-refractivity contribution in [3.8, 4) is 5.75 Å². The third-order valence-corrected chi connectivity index (χ3v) is 7.37. The fraction of sp³-hybridized carbons (Fsp3) is 0.333. The lowest BCUT2D eigenvalue weighted by atomic mass is 10.0. The molecule has 2 atom stereocenters. The van der Waals surface area contributed by atoms with Gasteiger partial charge in [0.15, 0.2) is 11.6 Å². The molecular formula is C39H48N2O7. The van der Waals surface area contributed by atoms with Gasteiger partial charge in [0.2, 0.25) is 0 Å². The first-order valence-electron chi connectivity index (χ1n) is 16.3. The maximum Gasteiger partial charge on any atom is 0.193 e. The first-order chi connectivity index (χ1) is 23.2. The third-order valence-electron chi connectivity index (χ3n) is 7.37. The van der Waals surface area contributed by atoms with Crippen molar-refractivity contribution in [2.24, 2.45) is 0 Å². The minimum absolute atomic E-state index is 0.00389. The second kappa shape index (κ2) is 20.8. The van der Waals surface area contributed by atoms with E-state index in [1.807, 2.05) is 58.3 Å². The maximum atomic E-state index is 12.4. The van der Waals surface area contributed by atoms with E-state index in [0.717, 1.165) is 24.4 Å². The lowest BCUT2D eigenvalue weighted by Gasteiger charge is -2.27. The Morgan fingerprint density at radius 2 is 1.02 bits per heavy atom. The molecule has 4 aromatic carbocycles. The number of nitrogens with zero attached hydrogens (tertiary/aromatic N) is 2. The predicted molar refractivity (Wildman–Crippen MR) is 189 cm³/mol. The summed E-state index contributed by atoms with van der Waals surface area (Å²) in [6.45, 7) is 6.84. The van der Waals surface area contributed by atoms with Gasteiger partial charge in [-0.25, -0.2) is 0 Å². The van der Waals surface area contributed by atoms with E-state index >= 15 is 0 Å². The van der Waals surface area contributed by atoms with Crippen molar-refractivity contribution < 1.29 is 34.8 Å². The van der Waals surface area contributed by atoms with Crippen molar-refractivity contribution in [3.63, 3.8) is 0 Å². The second-order valence-corrected chi connectivity index (χ2v) is 11.6. The Morgan fingerprint density at radius 1 is 0.604 bits per heavy atom. The molecule has 0 aliphatic heterocycles. The summed E-state index contributed by atoms with van der Waals surface area (Å²) in [5, 5.41) is 37.2. The van der Waals surface area contributed by atoms with Crippen LogP contribution in [0, 0.1) is 0 Å². The smallest absolute Gasteiger partial charge is 0.193 e. The van der Waals surface area contributed by atoms with Crippen LogP contribution in [0.1, 0.15) is 52.1 Å². The second-order valence-electron chi connectivity index (χ2n) is 11.6. The number of benzene rings is 4. The van der Waals surface area contributed by atoms with E-state index in [2.05, 4.69) is 0 Å². The van der Waals surface area contributed by atoms with Crippen LogP contribution in [-0.4, -0.2) is 102 Å². The van der Waals surface area contributed by atoms with E-state index in [9.17, 15) is 19.8 Å². The van der Waals surface area contributed by atoms with E-state index in [4.69, 9.17) is 14.9 Å². The number of ether oxygens (including phenoxy) is 1. The van der Waals surface area contributed by atoms with Gasteiger partial charge < -0.3 is 30.1 Å². The molecule has 0 radical (unpaired) electrons. The summed E-state index contributed by atoms with van der Waals surface area (Å²) in [4.78, 5) is 28.6. The minimum atomic E-state index is -0.501. The monoisotopic (exact) mass is 656 g/mol. The predicted octanol–water partition coefficient (Wildman–Crippen LogP) is 4.46. The molecule has 9 nitrogen and oxygen atoms in total. The number of aliphatic hydroxyl groups is 4. The van der Waals surface area contributed by atoms with E-state index in [0.29, 0.717) is 55.0 Å². The molecule has 0 heterocycles. The average Bonchev–Trinajstić information content (AvgIpc) is 3.10. The van der Waals surface area contributed by atoms with Crippen LogP contribution < -0.4 is 9.64 Å². The highest BCUT2D eigenvalue weighted by Gasteiger charge is 2.14. The zero-order valence-corrected chi connectivity index (χ0v) is 27.8. The van der Waals surface area contributed by atoms with Crippen molar-refractivity contribution in [2.45, 2.75) is 32.5 Å². The van der Waals surface area contributed by atoms with Gasteiger partial charge in [-0.3, -0.25) is 14.5 Å². The summed E-state index contributed by atoms with van der Waals surface area (Å²) >= 11 is 0. The maximum absolute atomic E-state index is 12.4. The zero-order chi connectivity index (χ0) is 34.7. The van der Waals surface area contributed by atoms with E-state index in [1.54, 1.807) is 74.5 Å². The molecule has 0 fully saturated rings. The van der Waals surface area contributed by atoms with Gasteiger partial charge >= 0.3 is 0 Å². The van der Waals surface area contributed by atoms with Crippen LogP contribution in [0.15, 0.2) is 109 Å². The average molecular weight is 657 g/mol. The van der Waals surface area contributed by atoms with Crippen LogP contribution in [0.2, 0.25) is 0 Å². The van der Waals surface area contributed by atoms with Gasteiger partial charge in [-0.2, -0.15) is 0 Å². The van der Waals surface area contributed by atoms with Crippen LogP contribution in [-0.2, 0) is 0 Å². The number of hydrogen-bond acceptors (Lipinski definition) is 9. The molecule has 0 amide bonds. The fourth-order valence-electron chi connectivity index (χ4n) is 5.06. The molecule has 2 unspecified atom stereocenters. The van der Waals surface area contributed by atoms with Crippen LogP contribution >= 0.6 is 0 Å². The highest BCUT2D eigenvalue weighted by atomic mass is 16.5. The number of aliphatic hydroxyl groups excluding tert-OH is 4. The van der Waals surface area contributed by atoms with Gasteiger partial charge in [0.25, 0.3) is 0 Å². The number of anilines is 1. The summed E-state index contributed by atoms with van der Waals surface area (Å²) < 4.78 is 5.69. The lowest BCUT2D eigenvalue weighted by molar-refractivity contribution is 0.103. The highest BCUT2D eigenvalue weighted by molar-refractivity contribution is 6.09. The van der Waals surface area contributed by atoms with Crippen molar-refractivity contribution in [2.75, 3.05) is 57.4 Å². The largest absolute Gasteiger partial charge is 0.494 e. The summed E-state index contributed by atoms with van der Waals surface area (Å²) in [6, 6.07) is 32.7. The number of hydrogen-bond donors (Lipinski definition) is 4. The van der Waals surface area contributed by atoms with Gasteiger partial charge in [0.1, 0.15) is 5.75 Å². The van der Waals surface area contributed by atoms with Crippen LogP contribution in [0.25, 0.3) is 0 Å². The molecule has 0 saturated carbocycles. The minimum Gasteiger partial charge on any atom is -0.494 e. The first kappa shape index (κ1) is 38.1. The first-order valence-corrected chi connectivity index (χ1v) is 16.3. The molecule has 0 saturated heterocycles. The van der Waals surface area contributed by atoms with Crippen LogP contribution in [0.5, 0.6) is 5.75 Å². The molecule has 0 aliphatic rings. The Kier molecular flexibility index (Phi) is 16.5. The SMILES string of the molecule is CC(O)CN(CC(C)O)c1ccc(C(=O)c2ccccc2)cc1.O=C(c1ccccc1)c1ccc(OCCCN(CCO)CCO)cc1. The molecule has 0 aromatic heterocycles. The van der Waals surface area contributed by atoms with Gasteiger partial charge in [-0.15, -0.1) is 0 Å². The third kappa shape index (κ3) is 13.0. The molecule has 4 N–H and O–H groups in total. The molecule has 4 rings (SSSR count). The van der Waals surface area contributed by atoms with Crippen molar-refractivity contribution in [1.29, 1.82) is 0 Å². The van der Waals surface area contributed by atoms with Gasteiger partial charge in [0, 0.05) is 60.7 Å². The Bertz CT molecular complexity index is 1460. The van der Waals surface area contributed by atoms with Crippen molar-refractivity contribution >= 4 is 17.3 Å². The Labute approximate surface area is 283 Å². The molecule has 9 heteroatoms. The summed E-state index contributed by atoms with van der Waals surface area (Å²) in [6.07, 6.45) is -0.205.